The second-order valence-corrected chi connectivity index (χ2v) is 9.19. The largest absolute Gasteiger partial charge is 0.493 e. The fourth-order valence-electron chi connectivity index (χ4n) is 5.03. The zero-order valence-electron chi connectivity index (χ0n) is 19.4. The van der Waals surface area contributed by atoms with E-state index in [1.165, 1.54) is 24.3 Å². The van der Waals surface area contributed by atoms with Gasteiger partial charge in [0, 0.05) is 29.6 Å². The Labute approximate surface area is 208 Å². The van der Waals surface area contributed by atoms with E-state index in [9.17, 15) is 31.5 Å². The highest BCUT2D eigenvalue weighted by atomic mass is 19.4. The molecule has 3 heterocycles. The van der Waals surface area contributed by atoms with Crippen LogP contribution in [0.5, 0.6) is 0 Å². The van der Waals surface area contributed by atoms with Gasteiger partial charge in [0.15, 0.2) is 0 Å². The van der Waals surface area contributed by atoms with Gasteiger partial charge in [0.2, 0.25) is 0 Å². The van der Waals surface area contributed by atoms with E-state index in [4.69, 9.17) is 0 Å². The second kappa shape index (κ2) is 9.66. The first-order valence-electron chi connectivity index (χ1n) is 11.8. The number of fused-ring (bicyclic) bond motifs is 2. The van der Waals surface area contributed by atoms with Crippen LogP contribution >= 0.6 is 0 Å². The van der Waals surface area contributed by atoms with E-state index >= 15 is 0 Å². The number of anilines is 1. The first-order valence-corrected chi connectivity index (χ1v) is 11.8. The van der Waals surface area contributed by atoms with Crippen molar-refractivity contribution in [1.82, 2.24) is 15.2 Å². The molecular formula is C25H23F5N4O3. The summed E-state index contributed by atoms with van der Waals surface area (Å²) in [5, 5.41) is 4.15. The zero-order valence-corrected chi connectivity index (χ0v) is 19.4. The highest BCUT2D eigenvalue weighted by Gasteiger charge is 2.47. The van der Waals surface area contributed by atoms with Crippen molar-refractivity contribution in [3.05, 3.63) is 65.4 Å². The molecule has 0 saturated carbocycles. The monoisotopic (exact) mass is 522 g/mol. The number of hydrogen-bond acceptors (Lipinski definition) is 5. The molecule has 37 heavy (non-hydrogen) atoms. The van der Waals surface area contributed by atoms with Gasteiger partial charge in [-0.3, -0.25) is 4.79 Å². The summed E-state index contributed by atoms with van der Waals surface area (Å²) in [7, 11) is 0. The van der Waals surface area contributed by atoms with Crippen LogP contribution in [0, 0.1) is 17.6 Å². The third kappa shape index (κ3) is 4.97. The van der Waals surface area contributed by atoms with Gasteiger partial charge in [-0.25, -0.2) is 13.6 Å². The molecule has 2 aliphatic heterocycles. The molecule has 2 N–H and O–H groups in total. The number of H-pyrrole nitrogens is 1. The molecule has 7 nitrogen and oxygen atoms in total. The lowest BCUT2D eigenvalue weighted by atomic mass is 9.91. The quantitative estimate of drug-likeness (QED) is 0.489. The van der Waals surface area contributed by atoms with Crippen LogP contribution in [0.15, 0.2) is 42.6 Å². The van der Waals surface area contributed by atoms with Crippen molar-refractivity contribution in [1.29, 1.82) is 0 Å². The molecule has 1 unspecified atom stereocenters. The van der Waals surface area contributed by atoms with E-state index in [0.717, 1.165) is 17.0 Å². The Morgan fingerprint density at radius 2 is 1.86 bits per heavy atom. The third-order valence-electron chi connectivity index (χ3n) is 6.91. The number of hydroxylamine groups is 1. The molecular weight excluding hydrogens is 499 g/mol. The SMILES string of the molecule is O=C1NC(C2CCN(CCc3c[nH]c4cc(F)ccc34)CC2)N(OC(=O)C(F)(F)F)c2cccc(F)c21. The van der Waals surface area contributed by atoms with Crippen molar-refractivity contribution in [2.45, 2.75) is 31.6 Å². The van der Waals surface area contributed by atoms with Crippen LogP contribution in [0.2, 0.25) is 0 Å². The Balaban J connectivity index is 1.28. The Kier molecular flexibility index (Phi) is 6.52. The third-order valence-corrected chi connectivity index (χ3v) is 6.91. The molecule has 196 valence electrons. The maximum atomic E-state index is 14.3. The molecule has 0 radical (unpaired) electrons. The molecule has 2 aliphatic rings. The van der Waals surface area contributed by atoms with Gasteiger partial charge in [0.25, 0.3) is 5.91 Å². The van der Waals surface area contributed by atoms with Gasteiger partial charge >= 0.3 is 12.1 Å². The molecule has 5 rings (SSSR count). The average molecular weight is 522 g/mol. The number of carbonyl (C=O) groups excluding carboxylic acids is 2. The first-order chi connectivity index (χ1) is 17.6. The van der Waals surface area contributed by atoms with Gasteiger partial charge in [-0.1, -0.05) is 6.07 Å². The molecule has 1 atom stereocenters. The van der Waals surface area contributed by atoms with Gasteiger partial charge < -0.3 is 20.0 Å². The highest BCUT2D eigenvalue weighted by Crippen LogP contribution is 2.35. The summed E-state index contributed by atoms with van der Waals surface area (Å²) in [6.45, 7) is 1.88. The van der Waals surface area contributed by atoms with Crippen LogP contribution in [-0.4, -0.2) is 53.7 Å². The number of aromatic amines is 1. The molecule has 1 aromatic heterocycles. The highest BCUT2D eigenvalue weighted by molar-refractivity contribution is 6.02. The topological polar surface area (TPSA) is 77.7 Å². The summed E-state index contributed by atoms with van der Waals surface area (Å²) >= 11 is 0. The number of likely N-dealkylation sites (tertiary alicyclic amines) is 1. The molecule has 0 spiro atoms. The van der Waals surface area contributed by atoms with Gasteiger partial charge in [-0.15, -0.1) is 0 Å². The van der Waals surface area contributed by atoms with Crippen LogP contribution in [0.1, 0.15) is 28.8 Å². The lowest BCUT2D eigenvalue weighted by Gasteiger charge is -2.43. The standard InChI is InChI=1S/C25H23F5N4O3/c26-16-4-5-17-15(13-31-19(17)12-16)8-11-33-9-6-14(7-10-33)22-32-23(35)21-18(27)2-1-3-20(21)34(22)37-24(36)25(28,29)30/h1-5,12-14,22,31H,6-11H2,(H,32,35). The Morgan fingerprint density at radius 1 is 1.11 bits per heavy atom. The Morgan fingerprint density at radius 3 is 2.59 bits per heavy atom. The molecule has 0 aliphatic carbocycles. The van der Waals surface area contributed by atoms with Crippen LogP contribution in [-0.2, 0) is 16.1 Å². The molecule has 1 amide bonds. The molecule has 1 fully saturated rings. The minimum atomic E-state index is -5.27. The second-order valence-electron chi connectivity index (χ2n) is 9.19. The fraction of sp³-hybridized carbons (Fsp3) is 0.360. The van der Waals surface area contributed by atoms with Crippen molar-refractivity contribution >= 4 is 28.5 Å². The average Bonchev–Trinajstić information content (AvgIpc) is 3.25. The van der Waals surface area contributed by atoms with E-state index in [1.54, 1.807) is 6.07 Å². The van der Waals surface area contributed by atoms with Crippen LogP contribution in [0.25, 0.3) is 10.9 Å². The number of nitrogens with zero attached hydrogens (tertiary/aromatic N) is 2. The Bertz CT molecular complexity index is 1330. The number of amides is 1. The van der Waals surface area contributed by atoms with E-state index in [-0.39, 0.29) is 17.4 Å². The van der Waals surface area contributed by atoms with Crippen molar-refractivity contribution in [2.75, 3.05) is 24.7 Å². The number of piperidine rings is 1. The van der Waals surface area contributed by atoms with Crippen LogP contribution in [0.3, 0.4) is 0 Å². The van der Waals surface area contributed by atoms with Crippen molar-refractivity contribution in [3.8, 4) is 0 Å². The minimum absolute atomic E-state index is 0.232. The van der Waals surface area contributed by atoms with Crippen LogP contribution < -0.4 is 10.4 Å². The van der Waals surface area contributed by atoms with E-state index in [1.807, 2.05) is 6.20 Å². The molecule has 12 heteroatoms. The predicted octanol–water partition coefficient (Wildman–Crippen LogP) is 4.30. The molecule has 0 bridgehead atoms. The van der Waals surface area contributed by atoms with Gasteiger partial charge in [-0.05, 0) is 68.2 Å². The number of hydrogen-bond donors (Lipinski definition) is 2. The number of nitrogens with one attached hydrogen (secondary N) is 2. The van der Waals surface area contributed by atoms with Gasteiger partial charge in [0.1, 0.15) is 23.4 Å². The summed E-state index contributed by atoms with van der Waals surface area (Å²) in [5.41, 5.74) is 1.04. The van der Waals surface area contributed by atoms with Gasteiger partial charge in [0.05, 0.1) is 5.69 Å². The van der Waals surface area contributed by atoms with Crippen molar-refractivity contribution < 1.29 is 36.4 Å². The summed E-state index contributed by atoms with van der Waals surface area (Å²) in [6, 6.07) is 8.06. The minimum Gasteiger partial charge on any atom is -0.361 e. The van der Waals surface area contributed by atoms with Crippen molar-refractivity contribution in [3.63, 3.8) is 0 Å². The van der Waals surface area contributed by atoms with E-state index < -0.39 is 35.6 Å². The lowest BCUT2D eigenvalue weighted by molar-refractivity contribution is -0.203. The summed E-state index contributed by atoms with van der Waals surface area (Å²) in [5.74, 6) is -4.85. The summed E-state index contributed by atoms with van der Waals surface area (Å²) in [4.78, 5) is 34.2. The summed E-state index contributed by atoms with van der Waals surface area (Å²) in [6.07, 6.45) is -2.81. The number of carbonyl (C=O) groups is 2. The normalized spacial score (nSPS) is 19.1. The summed E-state index contributed by atoms with van der Waals surface area (Å²) < 4.78 is 66.7. The molecule has 1 saturated heterocycles. The van der Waals surface area contributed by atoms with Crippen molar-refractivity contribution in [2.24, 2.45) is 5.92 Å². The maximum Gasteiger partial charge on any atom is 0.493 e. The number of alkyl halides is 3. The predicted molar refractivity (Wildman–Crippen MR) is 123 cm³/mol. The number of benzene rings is 2. The number of rotatable bonds is 5. The fourth-order valence-corrected chi connectivity index (χ4v) is 5.03. The van der Waals surface area contributed by atoms with E-state index in [2.05, 4.69) is 20.0 Å². The zero-order chi connectivity index (χ0) is 26.3. The first kappa shape index (κ1) is 25.0. The Hall–Kier alpha value is -3.67. The van der Waals surface area contributed by atoms with Crippen LogP contribution in [0.4, 0.5) is 27.6 Å². The lowest BCUT2D eigenvalue weighted by Crippen LogP contribution is -2.59. The maximum absolute atomic E-state index is 14.3. The smallest absolute Gasteiger partial charge is 0.361 e. The van der Waals surface area contributed by atoms with Gasteiger partial charge in [-0.2, -0.15) is 18.2 Å². The number of aromatic nitrogens is 1. The molecule has 2 aromatic carbocycles. The number of halogens is 5. The molecule has 3 aromatic rings. The van der Waals surface area contributed by atoms with E-state index in [0.29, 0.717) is 49.5 Å².